The number of rotatable bonds is 12. The molecule has 0 spiro atoms. The number of methoxy groups -OCH3 is 1. The number of carbonyl (C=O) groups is 3. The summed E-state index contributed by atoms with van der Waals surface area (Å²) in [6, 6.07) is 12.6. The van der Waals surface area contributed by atoms with Crippen molar-refractivity contribution < 1.29 is 19.1 Å². The Morgan fingerprint density at radius 2 is 1.98 bits per heavy atom. The van der Waals surface area contributed by atoms with E-state index in [4.69, 9.17) is 16.2 Å². The van der Waals surface area contributed by atoms with E-state index in [0.29, 0.717) is 30.7 Å². The molecule has 1 unspecified atom stereocenters. The number of nitrogens with two attached hydrogens (primary N) is 2. The fraction of sp³-hybridized carbons (Fsp3) is 0.433. The van der Waals surface area contributed by atoms with Crippen LogP contribution in [-0.4, -0.2) is 83.8 Å². The Labute approximate surface area is 249 Å². The van der Waals surface area contributed by atoms with Crippen LogP contribution in [0.5, 0.6) is 5.75 Å². The van der Waals surface area contributed by atoms with Crippen molar-refractivity contribution >= 4 is 45.2 Å². The molecule has 1 fully saturated rings. The molecule has 12 heteroatoms. The molecular formula is C30H39N7O4S. The normalized spacial score (nSPS) is 16.2. The first-order chi connectivity index (χ1) is 20.2. The smallest absolute Gasteiger partial charge is 0.327 e. The topological polar surface area (TPSA) is 156 Å². The Morgan fingerprint density at radius 1 is 1.21 bits per heavy atom. The lowest BCUT2D eigenvalue weighted by molar-refractivity contribution is -0.132. The van der Waals surface area contributed by atoms with Crippen molar-refractivity contribution in [3.8, 4) is 5.75 Å². The summed E-state index contributed by atoms with van der Waals surface area (Å²) in [6.45, 7) is 2.73. The van der Waals surface area contributed by atoms with E-state index in [2.05, 4.69) is 15.3 Å². The van der Waals surface area contributed by atoms with Gasteiger partial charge in [0.25, 0.3) is 0 Å². The number of urea groups is 1. The van der Waals surface area contributed by atoms with E-state index < -0.39 is 29.8 Å². The van der Waals surface area contributed by atoms with Crippen molar-refractivity contribution in [2.45, 2.75) is 57.2 Å². The zero-order valence-corrected chi connectivity index (χ0v) is 25.1. The minimum absolute atomic E-state index is 0.0535. The third-order valence-corrected chi connectivity index (χ3v) is 8.55. The minimum atomic E-state index is -1.10. The summed E-state index contributed by atoms with van der Waals surface area (Å²) in [5.74, 6) is -0.283. The number of carbonyl (C=O) groups excluding carboxylic acids is 3. The second-order valence-electron chi connectivity index (χ2n) is 10.4. The van der Waals surface area contributed by atoms with Crippen LogP contribution in [-0.2, 0) is 11.2 Å². The van der Waals surface area contributed by atoms with E-state index in [1.54, 1.807) is 31.2 Å². The summed E-state index contributed by atoms with van der Waals surface area (Å²) in [5.41, 5.74) is 12.6. The highest BCUT2D eigenvalue weighted by Crippen LogP contribution is 2.29. The van der Waals surface area contributed by atoms with Crippen LogP contribution in [0, 0.1) is 0 Å². The summed E-state index contributed by atoms with van der Waals surface area (Å²) in [7, 11) is 3.26. The summed E-state index contributed by atoms with van der Waals surface area (Å²) >= 11 is 1.21. The van der Waals surface area contributed by atoms with Crippen LogP contribution in [0.2, 0.25) is 0 Å². The largest absolute Gasteiger partial charge is 0.497 e. The Bertz CT molecular complexity index is 1420. The summed E-state index contributed by atoms with van der Waals surface area (Å²) in [6.07, 6.45) is 2.57. The predicted molar refractivity (Wildman–Crippen MR) is 165 cm³/mol. The molecule has 1 aliphatic heterocycles. The van der Waals surface area contributed by atoms with Gasteiger partial charge in [-0.3, -0.25) is 19.5 Å². The quantitative estimate of drug-likeness (QED) is 0.125. The van der Waals surface area contributed by atoms with Gasteiger partial charge in [-0.1, -0.05) is 30.3 Å². The number of likely N-dealkylation sites (tertiary alicyclic amines) is 1. The number of likely N-dealkylation sites (N-methyl/N-ethyl adjacent to an activating group) is 1. The second-order valence-corrected chi connectivity index (χ2v) is 11.4. The van der Waals surface area contributed by atoms with Gasteiger partial charge >= 0.3 is 6.03 Å². The van der Waals surface area contributed by atoms with Gasteiger partial charge in [-0.25, -0.2) is 9.78 Å². The fourth-order valence-corrected chi connectivity index (χ4v) is 6.20. The van der Waals surface area contributed by atoms with Gasteiger partial charge in [0.1, 0.15) is 11.8 Å². The molecular weight excluding hydrogens is 554 g/mol. The number of nitrogens with one attached hydrogen (secondary N) is 1. The molecule has 0 bridgehead atoms. The molecule has 0 radical (unpaired) electrons. The molecule has 0 aliphatic carbocycles. The van der Waals surface area contributed by atoms with Gasteiger partial charge in [-0.2, -0.15) is 0 Å². The molecule has 1 aromatic heterocycles. The molecule has 3 atom stereocenters. The standard InChI is InChI=1S/C30H39N7O4S/c1-19-9-8-16-36(19)30(40)37(28(39)23(33-2)17-20-10-5-4-6-11-20)24(12-7-15-34-29(31)32)26(38)27-35-22-14-13-21(41-3)18-25(22)42-27/h4-6,10-11,13-14,18-19,23-24,33H,7-9,12,15-17H2,1-3H3,(H4,31,32,34)/t19-,23-,24?/m1/s1. The number of ether oxygens (including phenoxy) is 1. The van der Waals surface area contributed by atoms with E-state index in [0.717, 1.165) is 28.0 Å². The fourth-order valence-electron chi connectivity index (χ4n) is 5.22. The van der Waals surface area contributed by atoms with Gasteiger partial charge in [0.2, 0.25) is 11.7 Å². The van der Waals surface area contributed by atoms with E-state index in [9.17, 15) is 14.4 Å². The van der Waals surface area contributed by atoms with Gasteiger partial charge in [0.05, 0.1) is 23.4 Å². The zero-order valence-electron chi connectivity index (χ0n) is 24.3. The molecule has 42 heavy (non-hydrogen) atoms. The van der Waals surface area contributed by atoms with Gasteiger partial charge in [0.15, 0.2) is 11.0 Å². The van der Waals surface area contributed by atoms with E-state index in [1.807, 2.05) is 43.3 Å². The SMILES string of the molecule is CN[C@H](Cc1ccccc1)C(=O)N(C(=O)N1CCC[C@H]1C)C(CCCN=C(N)N)C(=O)c1nc2ccc(OC)cc2s1. The molecule has 5 N–H and O–H groups in total. The van der Waals surface area contributed by atoms with Crippen molar-refractivity contribution in [2.24, 2.45) is 16.5 Å². The van der Waals surface area contributed by atoms with Crippen LogP contribution in [0.1, 0.15) is 48.0 Å². The molecule has 0 saturated carbocycles. The van der Waals surface area contributed by atoms with Crippen LogP contribution >= 0.6 is 11.3 Å². The Kier molecular flexibility index (Phi) is 10.5. The number of nitrogens with zero attached hydrogens (tertiary/aromatic N) is 4. The Balaban J connectivity index is 1.75. The molecule has 3 amide bonds. The number of hydrogen-bond acceptors (Lipinski definition) is 8. The predicted octanol–water partition coefficient (Wildman–Crippen LogP) is 3.17. The number of hydrogen-bond donors (Lipinski definition) is 3. The van der Waals surface area contributed by atoms with Crippen molar-refractivity contribution in [3.05, 3.63) is 59.1 Å². The minimum Gasteiger partial charge on any atom is -0.497 e. The van der Waals surface area contributed by atoms with Crippen molar-refractivity contribution in [3.63, 3.8) is 0 Å². The first-order valence-corrected chi connectivity index (χ1v) is 14.9. The molecule has 2 heterocycles. The summed E-state index contributed by atoms with van der Waals surface area (Å²) in [5, 5.41) is 3.30. The van der Waals surface area contributed by atoms with Gasteiger partial charge < -0.3 is 26.4 Å². The average molecular weight is 594 g/mol. The Morgan fingerprint density at radius 3 is 2.62 bits per heavy atom. The number of guanidine groups is 1. The third-order valence-electron chi connectivity index (χ3n) is 7.52. The number of fused-ring (bicyclic) bond motifs is 1. The van der Waals surface area contributed by atoms with Gasteiger partial charge in [-0.05, 0) is 69.8 Å². The monoisotopic (exact) mass is 593 g/mol. The van der Waals surface area contributed by atoms with Crippen molar-refractivity contribution in [1.82, 2.24) is 20.1 Å². The van der Waals surface area contributed by atoms with Gasteiger partial charge in [-0.15, -0.1) is 11.3 Å². The molecule has 1 saturated heterocycles. The number of thiazole rings is 1. The number of Topliss-reactive ketones (excluding diaryl/α,β-unsaturated/α-hetero) is 1. The second kappa shape index (κ2) is 14.2. The molecule has 4 rings (SSSR count). The molecule has 1 aliphatic rings. The van der Waals surface area contributed by atoms with E-state index in [-0.39, 0.29) is 30.0 Å². The summed E-state index contributed by atoms with van der Waals surface area (Å²) in [4.78, 5) is 54.3. The van der Waals surface area contributed by atoms with Crippen molar-refractivity contribution in [1.29, 1.82) is 0 Å². The highest BCUT2D eigenvalue weighted by atomic mass is 32.1. The highest BCUT2D eigenvalue weighted by Gasteiger charge is 2.42. The molecule has 2 aromatic carbocycles. The molecule has 224 valence electrons. The third kappa shape index (κ3) is 7.24. The highest BCUT2D eigenvalue weighted by molar-refractivity contribution is 7.20. The zero-order chi connectivity index (χ0) is 30.2. The number of aliphatic imine (C=N–C) groups is 1. The number of imide groups is 1. The van der Waals surface area contributed by atoms with Crippen LogP contribution in [0.3, 0.4) is 0 Å². The van der Waals surface area contributed by atoms with Crippen LogP contribution in [0.25, 0.3) is 10.2 Å². The first-order valence-electron chi connectivity index (χ1n) is 14.1. The number of ketones is 1. The number of benzene rings is 2. The van der Waals surface area contributed by atoms with Crippen LogP contribution in [0.4, 0.5) is 4.79 Å². The van der Waals surface area contributed by atoms with Gasteiger partial charge in [0, 0.05) is 19.1 Å². The van der Waals surface area contributed by atoms with E-state index >= 15 is 0 Å². The maximum Gasteiger partial charge on any atom is 0.327 e. The molecule has 11 nitrogen and oxygen atoms in total. The number of amides is 3. The molecule has 3 aromatic rings. The summed E-state index contributed by atoms with van der Waals surface area (Å²) < 4.78 is 6.10. The average Bonchev–Trinajstić information content (AvgIpc) is 3.62. The number of aromatic nitrogens is 1. The maximum absolute atomic E-state index is 14.3. The lowest BCUT2D eigenvalue weighted by Crippen LogP contribution is -2.59. The maximum atomic E-state index is 14.3. The Hall–Kier alpha value is -4.03. The lowest BCUT2D eigenvalue weighted by Gasteiger charge is -2.36. The first kappa shape index (κ1) is 30.9. The lowest BCUT2D eigenvalue weighted by atomic mass is 10.0. The van der Waals surface area contributed by atoms with Crippen molar-refractivity contribution in [2.75, 3.05) is 27.2 Å². The van der Waals surface area contributed by atoms with Crippen LogP contribution < -0.4 is 21.5 Å². The van der Waals surface area contributed by atoms with Crippen LogP contribution in [0.15, 0.2) is 53.5 Å². The van der Waals surface area contributed by atoms with E-state index in [1.165, 1.54) is 11.3 Å².